The highest BCUT2D eigenvalue weighted by Crippen LogP contribution is 2.23. The summed E-state index contributed by atoms with van der Waals surface area (Å²) in [7, 11) is 0. The van der Waals surface area contributed by atoms with Crippen LogP contribution in [0.1, 0.15) is 25.0 Å². The van der Waals surface area contributed by atoms with E-state index in [9.17, 15) is 13.9 Å². The largest absolute Gasteiger partial charge is 0.388 e. The second-order valence-electron chi connectivity index (χ2n) is 4.02. The van der Waals surface area contributed by atoms with Crippen LogP contribution in [0.25, 0.3) is 11.3 Å². The average Bonchev–Trinajstić information content (AvgIpc) is 2.38. The second-order valence-corrected chi connectivity index (χ2v) is 4.02. The number of rotatable bonds is 3. The standard InChI is InChI=1S/C14H13F2NO/c1-2-14(18)9-3-6-13(17-8-9)11-5-4-10(15)7-12(11)16/h3-8,14,18H,2H2,1H3/t14-/m0/s1. The summed E-state index contributed by atoms with van der Waals surface area (Å²) in [6.45, 7) is 1.86. The smallest absolute Gasteiger partial charge is 0.135 e. The molecule has 2 aromatic rings. The van der Waals surface area contributed by atoms with Crippen LogP contribution >= 0.6 is 0 Å². The third kappa shape index (κ3) is 2.54. The van der Waals surface area contributed by atoms with Gasteiger partial charge < -0.3 is 5.11 Å². The molecular formula is C14H13F2NO. The van der Waals surface area contributed by atoms with Crippen molar-refractivity contribution in [3.05, 3.63) is 53.7 Å². The molecule has 0 aliphatic carbocycles. The van der Waals surface area contributed by atoms with Crippen molar-refractivity contribution in [2.45, 2.75) is 19.4 Å². The Labute approximate surface area is 104 Å². The van der Waals surface area contributed by atoms with Crippen LogP contribution in [0.2, 0.25) is 0 Å². The van der Waals surface area contributed by atoms with Crippen molar-refractivity contribution in [1.29, 1.82) is 0 Å². The van der Waals surface area contributed by atoms with Gasteiger partial charge in [-0.25, -0.2) is 8.78 Å². The first-order chi connectivity index (χ1) is 8.61. The molecule has 0 saturated carbocycles. The maximum atomic E-state index is 13.5. The molecule has 2 rings (SSSR count). The van der Waals surface area contributed by atoms with Crippen molar-refractivity contribution in [2.75, 3.05) is 0 Å². The second kappa shape index (κ2) is 5.23. The van der Waals surface area contributed by atoms with E-state index in [-0.39, 0.29) is 5.56 Å². The lowest BCUT2D eigenvalue weighted by atomic mass is 10.1. The Hall–Kier alpha value is -1.81. The first-order valence-corrected chi connectivity index (χ1v) is 5.71. The molecular weight excluding hydrogens is 236 g/mol. The van der Waals surface area contributed by atoms with Crippen LogP contribution in [0, 0.1) is 11.6 Å². The zero-order valence-corrected chi connectivity index (χ0v) is 9.90. The Bertz CT molecular complexity index is 540. The lowest BCUT2D eigenvalue weighted by molar-refractivity contribution is 0.173. The van der Waals surface area contributed by atoms with Crippen LogP contribution < -0.4 is 0 Å². The molecule has 2 nitrogen and oxygen atoms in total. The fraction of sp³-hybridized carbons (Fsp3) is 0.214. The van der Waals surface area contributed by atoms with Gasteiger partial charge in [0.15, 0.2) is 0 Å². The van der Waals surface area contributed by atoms with E-state index in [1.807, 2.05) is 6.92 Å². The molecule has 0 aliphatic rings. The summed E-state index contributed by atoms with van der Waals surface area (Å²) in [5.41, 5.74) is 1.34. The normalized spacial score (nSPS) is 12.4. The Balaban J connectivity index is 2.34. The van der Waals surface area contributed by atoms with Gasteiger partial charge >= 0.3 is 0 Å². The molecule has 1 atom stereocenters. The number of aliphatic hydroxyl groups is 1. The van der Waals surface area contributed by atoms with E-state index >= 15 is 0 Å². The van der Waals surface area contributed by atoms with Gasteiger partial charge in [0.2, 0.25) is 0 Å². The molecule has 0 saturated heterocycles. The SMILES string of the molecule is CC[C@H](O)c1ccc(-c2ccc(F)cc2F)nc1. The number of pyridine rings is 1. The lowest BCUT2D eigenvalue weighted by Gasteiger charge is -2.08. The van der Waals surface area contributed by atoms with Gasteiger partial charge in [-0.1, -0.05) is 13.0 Å². The Kier molecular flexibility index (Phi) is 3.67. The molecule has 1 heterocycles. The Morgan fingerprint density at radius 1 is 1.22 bits per heavy atom. The first-order valence-electron chi connectivity index (χ1n) is 5.71. The molecule has 1 aromatic carbocycles. The summed E-state index contributed by atoms with van der Waals surface area (Å²) in [6, 6.07) is 6.67. The van der Waals surface area contributed by atoms with Gasteiger partial charge in [0.1, 0.15) is 11.6 Å². The molecule has 1 N–H and O–H groups in total. The quantitative estimate of drug-likeness (QED) is 0.903. The van der Waals surface area contributed by atoms with E-state index in [4.69, 9.17) is 0 Å². The van der Waals surface area contributed by atoms with E-state index < -0.39 is 17.7 Å². The maximum Gasteiger partial charge on any atom is 0.135 e. The topological polar surface area (TPSA) is 33.1 Å². The number of halogens is 2. The summed E-state index contributed by atoms with van der Waals surface area (Å²) in [4.78, 5) is 4.09. The van der Waals surface area contributed by atoms with Gasteiger partial charge in [0.25, 0.3) is 0 Å². The van der Waals surface area contributed by atoms with E-state index in [0.717, 1.165) is 6.07 Å². The summed E-state index contributed by atoms with van der Waals surface area (Å²) >= 11 is 0. The Morgan fingerprint density at radius 2 is 2.00 bits per heavy atom. The van der Waals surface area contributed by atoms with Crippen molar-refractivity contribution in [3.8, 4) is 11.3 Å². The summed E-state index contributed by atoms with van der Waals surface area (Å²) in [6.07, 6.45) is 1.53. The molecule has 0 radical (unpaired) electrons. The molecule has 0 amide bonds. The lowest BCUT2D eigenvalue weighted by Crippen LogP contribution is -1.97. The fourth-order valence-corrected chi connectivity index (χ4v) is 1.69. The number of hydrogen-bond donors (Lipinski definition) is 1. The van der Waals surface area contributed by atoms with Crippen LogP contribution in [0.3, 0.4) is 0 Å². The predicted molar refractivity (Wildman–Crippen MR) is 64.8 cm³/mol. The van der Waals surface area contributed by atoms with Gasteiger partial charge in [-0.05, 0) is 30.2 Å². The van der Waals surface area contributed by atoms with Crippen molar-refractivity contribution in [2.24, 2.45) is 0 Å². The average molecular weight is 249 g/mol. The molecule has 18 heavy (non-hydrogen) atoms. The molecule has 4 heteroatoms. The zero-order chi connectivity index (χ0) is 13.1. The number of aliphatic hydroxyl groups excluding tert-OH is 1. The van der Waals surface area contributed by atoms with Gasteiger partial charge in [0, 0.05) is 17.8 Å². The summed E-state index contributed by atoms with van der Waals surface area (Å²) < 4.78 is 26.3. The number of benzene rings is 1. The van der Waals surface area contributed by atoms with E-state index in [1.54, 1.807) is 12.1 Å². The van der Waals surface area contributed by atoms with Crippen LogP contribution in [-0.4, -0.2) is 10.1 Å². The highest BCUT2D eigenvalue weighted by Gasteiger charge is 2.09. The van der Waals surface area contributed by atoms with Gasteiger partial charge in [-0.15, -0.1) is 0 Å². The minimum absolute atomic E-state index is 0.244. The van der Waals surface area contributed by atoms with Crippen LogP contribution in [0.15, 0.2) is 36.5 Å². The van der Waals surface area contributed by atoms with Crippen molar-refractivity contribution in [3.63, 3.8) is 0 Å². The molecule has 94 valence electrons. The van der Waals surface area contributed by atoms with Gasteiger partial charge in [-0.3, -0.25) is 4.98 Å². The zero-order valence-electron chi connectivity index (χ0n) is 9.90. The van der Waals surface area contributed by atoms with Gasteiger partial charge in [0.05, 0.1) is 11.8 Å². The molecule has 0 aliphatic heterocycles. The van der Waals surface area contributed by atoms with Crippen LogP contribution in [-0.2, 0) is 0 Å². The first kappa shape index (κ1) is 12.6. The molecule has 0 spiro atoms. The number of nitrogens with zero attached hydrogens (tertiary/aromatic N) is 1. The van der Waals surface area contributed by atoms with Crippen LogP contribution in [0.4, 0.5) is 8.78 Å². The fourth-order valence-electron chi connectivity index (χ4n) is 1.69. The predicted octanol–water partition coefficient (Wildman–Crippen LogP) is 3.47. The molecule has 0 unspecified atom stereocenters. The molecule has 0 fully saturated rings. The maximum absolute atomic E-state index is 13.5. The molecule has 0 bridgehead atoms. The minimum Gasteiger partial charge on any atom is -0.388 e. The van der Waals surface area contributed by atoms with Crippen LogP contribution in [0.5, 0.6) is 0 Å². The minimum atomic E-state index is -0.647. The number of hydrogen-bond acceptors (Lipinski definition) is 2. The van der Waals surface area contributed by atoms with Crippen molar-refractivity contribution >= 4 is 0 Å². The highest BCUT2D eigenvalue weighted by molar-refractivity contribution is 5.59. The summed E-state index contributed by atoms with van der Waals surface area (Å²) in [5, 5.41) is 9.62. The van der Waals surface area contributed by atoms with Gasteiger partial charge in [-0.2, -0.15) is 0 Å². The monoisotopic (exact) mass is 249 g/mol. The van der Waals surface area contributed by atoms with Crippen molar-refractivity contribution in [1.82, 2.24) is 4.98 Å². The molecule has 1 aromatic heterocycles. The summed E-state index contributed by atoms with van der Waals surface area (Å²) in [5.74, 6) is -1.26. The van der Waals surface area contributed by atoms with Crippen molar-refractivity contribution < 1.29 is 13.9 Å². The third-order valence-electron chi connectivity index (χ3n) is 2.76. The third-order valence-corrected chi connectivity index (χ3v) is 2.76. The number of aromatic nitrogens is 1. The Morgan fingerprint density at radius 3 is 2.56 bits per heavy atom. The van der Waals surface area contributed by atoms with E-state index in [2.05, 4.69) is 4.98 Å². The highest BCUT2D eigenvalue weighted by atomic mass is 19.1. The van der Waals surface area contributed by atoms with E-state index in [0.29, 0.717) is 17.7 Å². The van der Waals surface area contributed by atoms with E-state index in [1.165, 1.54) is 18.3 Å².